The molecule has 1 aromatic carbocycles. The number of amides is 1. The van der Waals surface area contributed by atoms with Crippen molar-refractivity contribution in [1.29, 1.82) is 0 Å². The van der Waals surface area contributed by atoms with Crippen molar-refractivity contribution in [3.63, 3.8) is 0 Å². The van der Waals surface area contributed by atoms with Crippen molar-refractivity contribution >= 4 is 23.3 Å². The van der Waals surface area contributed by atoms with E-state index in [9.17, 15) is 9.18 Å². The van der Waals surface area contributed by atoms with Crippen LogP contribution in [0.25, 0.3) is 0 Å². The molecule has 1 aliphatic rings. The summed E-state index contributed by atoms with van der Waals surface area (Å²) in [5, 5.41) is 10.5. The summed E-state index contributed by atoms with van der Waals surface area (Å²) >= 11 is 5.70. The SMILES string of the molecule is O=C(CCC1CCNCC1)Nc1ccnn1Cc1ccc(Cl)c(F)c1. The van der Waals surface area contributed by atoms with Crippen molar-refractivity contribution in [2.45, 2.75) is 32.2 Å². The number of rotatable bonds is 6. The second kappa shape index (κ2) is 8.45. The van der Waals surface area contributed by atoms with E-state index in [0.29, 0.717) is 24.7 Å². The average molecular weight is 365 g/mol. The van der Waals surface area contributed by atoms with E-state index in [1.165, 1.54) is 12.1 Å². The lowest BCUT2D eigenvalue weighted by Crippen LogP contribution is -2.28. The fourth-order valence-electron chi connectivity index (χ4n) is 3.09. The minimum Gasteiger partial charge on any atom is -0.317 e. The minimum atomic E-state index is -0.459. The predicted molar refractivity (Wildman–Crippen MR) is 96.2 cm³/mol. The fraction of sp³-hybridized carbons (Fsp3) is 0.444. The molecule has 134 valence electrons. The molecule has 2 aromatic rings. The third-order valence-electron chi connectivity index (χ3n) is 4.54. The van der Waals surface area contributed by atoms with Crippen LogP contribution in [0, 0.1) is 11.7 Å². The van der Waals surface area contributed by atoms with Crippen LogP contribution >= 0.6 is 11.6 Å². The van der Waals surface area contributed by atoms with E-state index in [1.807, 2.05) is 0 Å². The molecule has 1 aliphatic heterocycles. The number of carbonyl (C=O) groups is 1. The van der Waals surface area contributed by atoms with Gasteiger partial charge in [0.2, 0.25) is 5.91 Å². The second-order valence-electron chi connectivity index (χ2n) is 6.40. The number of piperidine rings is 1. The van der Waals surface area contributed by atoms with Crippen LogP contribution in [-0.2, 0) is 11.3 Å². The van der Waals surface area contributed by atoms with E-state index in [2.05, 4.69) is 15.7 Å². The Labute approximate surface area is 151 Å². The first kappa shape index (κ1) is 17.9. The Morgan fingerprint density at radius 3 is 2.92 bits per heavy atom. The molecule has 7 heteroatoms. The highest BCUT2D eigenvalue weighted by Gasteiger charge is 2.15. The molecule has 1 aromatic heterocycles. The normalized spacial score (nSPS) is 15.3. The van der Waals surface area contributed by atoms with Crippen molar-refractivity contribution in [3.05, 3.63) is 46.9 Å². The van der Waals surface area contributed by atoms with Crippen LogP contribution in [0.1, 0.15) is 31.2 Å². The topological polar surface area (TPSA) is 59.0 Å². The Bertz CT molecular complexity index is 728. The lowest BCUT2D eigenvalue weighted by atomic mass is 9.93. The van der Waals surface area contributed by atoms with Gasteiger partial charge in [-0.25, -0.2) is 9.07 Å². The van der Waals surface area contributed by atoms with Gasteiger partial charge in [-0.15, -0.1) is 0 Å². The van der Waals surface area contributed by atoms with Crippen LogP contribution in [0.2, 0.25) is 5.02 Å². The summed E-state index contributed by atoms with van der Waals surface area (Å²) in [5.41, 5.74) is 0.732. The van der Waals surface area contributed by atoms with Gasteiger partial charge in [-0.1, -0.05) is 17.7 Å². The maximum absolute atomic E-state index is 13.6. The van der Waals surface area contributed by atoms with Crippen molar-refractivity contribution in [2.75, 3.05) is 18.4 Å². The molecule has 0 saturated carbocycles. The lowest BCUT2D eigenvalue weighted by molar-refractivity contribution is -0.116. The summed E-state index contributed by atoms with van der Waals surface area (Å²) < 4.78 is 15.2. The minimum absolute atomic E-state index is 0.0115. The predicted octanol–water partition coefficient (Wildman–Crippen LogP) is 3.44. The van der Waals surface area contributed by atoms with Gasteiger partial charge in [0.05, 0.1) is 17.8 Å². The number of nitrogens with zero attached hydrogens (tertiary/aromatic N) is 2. The van der Waals surface area contributed by atoms with Gasteiger partial charge < -0.3 is 10.6 Å². The number of carbonyl (C=O) groups excluding carboxylic acids is 1. The summed E-state index contributed by atoms with van der Waals surface area (Å²) in [5.74, 6) is 0.765. The molecule has 1 fully saturated rings. The molecule has 5 nitrogen and oxygen atoms in total. The van der Waals surface area contributed by atoms with Gasteiger partial charge in [0.1, 0.15) is 11.6 Å². The second-order valence-corrected chi connectivity index (χ2v) is 6.81. The van der Waals surface area contributed by atoms with Crippen molar-refractivity contribution in [2.24, 2.45) is 5.92 Å². The molecule has 0 atom stereocenters. The smallest absolute Gasteiger partial charge is 0.225 e. The summed E-state index contributed by atoms with van der Waals surface area (Å²) in [7, 11) is 0. The first-order valence-corrected chi connectivity index (χ1v) is 8.96. The van der Waals surface area contributed by atoms with Gasteiger partial charge in [0, 0.05) is 12.5 Å². The van der Waals surface area contributed by atoms with E-state index in [1.54, 1.807) is 23.0 Å². The molecule has 1 amide bonds. The van der Waals surface area contributed by atoms with Gasteiger partial charge in [-0.2, -0.15) is 5.10 Å². The molecule has 2 N–H and O–H groups in total. The van der Waals surface area contributed by atoms with Crippen molar-refractivity contribution in [3.8, 4) is 0 Å². The summed E-state index contributed by atoms with van der Waals surface area (Å²) in [6.07, 6.45) is 5.30. The number of hydrogen-bond acceptors (Lipinski definition) is 3. The third-order valence-corrected chi connectivity index (χ3v) is 4.85. The first-order chi connectivity index (χ1) is 12.1. The molecule has 0 aliphatic carbocycles. The molecule has 2 heterocycles. The van der Waals surface area contributed by atoms with E-state index in [0.717, 1.165) is 37.9 Å². The van der Waals surface area contributed by atoms with Gasteiger partial charge in [0.25, 0.3) is 0 Å². The van der Waals surface area contributed by atoms with Crippen LogP contribution in [0.4, 0.5) is 10.2 Å². The highest BCUT2D eigenvalue weighted by Crippen LogP contribution is 2.19. The van der Waals surface area contributed by atoms with Crippen molar-refractivity contribution < 1.29 is 9.18 Å². The fourth-order valence-corrected chi connectivity index (χ4v) is 3.20. The quantitative estimate of drug-likeness (QED) is 0.825. The molecule has 0 unspecified atom stereocenters. The molecule has 0 spiro atoms. The van der Waals surface area contributed by atoms with E-state index < -0.39 is 5.82 Å². The lowest BCUT2D eigenvalue weighted by Gasteiger charge is -2.22. The molecular formula is C18H22ClFN4O. The number of halogens is 2. The molecule has 3 rings (SSSR count). The molecule has 1 saturated heterocycles. The Morgan fingerprint density at radius 2 is 2.16 bits per heavy atom. The highest BCUT2D eigenvalue weighted by molar-refractivity contribution is 6.30. The Kier molecular flexibility index (Phi) is 6.04. The van der Waals surface area contributed by atoms with Gasteiger partial charge in [-0.3, -0.25) is 4.79 Å². The Balaban J connectivity index is 1.55. The standard InChI is InChI=1S/C18H22ClFN4O/c19-15-3-1-14(11-16(15)20)12-24-17(7-10-22-24)23-18(25)4-2-13-5-8-21-9-6-13/h1,3,7,10-11,13,21H,2,4-6,8-9,12H2,(H,23,25). The van der Waals surface area contributed by atoms with Gasteiger partial charge in [0.15, 0.2) is 0 Å². The zero-order valence-corrected chi connectivity index (χ0v) is 14.7. The molecule has 0 bridgehead atoms. The monoisotopic (exact) mass is 364 g/mol. The summed E-state index contributed by atoms with van der Waals surface area (Å²) in [6, 6.07) is 6.39. The molecule has 25 heavy (non-hydrogen) atoms. The van der Waals surface area contributed by atoms with Crippen LogP contribution in [0.5, 0.6) is 0 Å². The molecular weight excluding hydrogens is 343 g/mol. The number of benzene rings is 1. The zero-order valence-electron chi connectivity index (χ0n) is 14.0. The van der Waals surface area contributed by atoms with Crippen LogP contribution in [-0.4, -0.2) is 28.8 Å². The third kappa shape index (κ3) is 5.03. The zero-order chi connectivity index (χ0) is 17.6. The number of hydrogen-bond donors (Lipinski definition) is 2. The highest BCUT2D eigenvalue weighted by atomic mass is 35.5. The van der Waals surface area contributed by atoms with Gasteiger partial charge >= 0.3 is 0 Å². The number of nitrogens with one attached hydrogen (secondary N) is 2. The van der Waals surface area contributed by atoms with Crippen molar-refractivity contribution in [1.82, 2.24) is 15.1 Å². The number of aromatic nitrogens is 2. The maximum Gasteiger partial charge on any atom is 0.225 e. The maximum atomic E-state index is 13.6. The van der Waals surface area contributed by atoms with Crippen LogP contribution in [0.15, 0.2) is 30.5 Å². The molecule has 0 radical (unpaired) electrons. The Morgan fingerprint density at radius 1 is 1.36 bits per heavy atom. The van der Waals surface area contributed by atoms with E-state index >= 15 is 0 Å². The summed E-state index contributed by atoms with van der Waals surface area (Å²) in [6.45, 7) is 2.44. The number of anilines is 1. The summed E-state index contributed by atoms with van der Waals surface area (Å²) in [4.78, 5) is 12.2. The average Bonchev–Trinajstić information content (AvgIpc) is 3.04. The largest absolute Gasteiger partial charge is 0.317 e. The van der Waals surface area contributed by atoms with E-state index in [4.69, 9.17) is 11.6 Å². The Hall–Kier alpha value is -1.92. The van der Waals surface area contributed by atoms with Gasteiger partial charge in [-0.05, 0) is 56.0 Å². The van der Waals surface area contributed by atoms with E-state index in [-0.39, 0.29) is 10.9 Å². The van der Waals surface area contributed by atoms with Crippen LogP contribution < -0.4 is 10.6 Å². The van der Waals surface area contributed by atoms with Crippen LogP contribution in [0.3, 0.4) is 0 Å². The first-order valence-electron chi connectivity index (χ1n) is 8.58.